The van der Waals surface area contributed by atoms with E-state index in [0.717, 1.165) is 46.3 Å². The molecule has 1 N–H and O–H groups in total. The maximum Gasteiger partial charge on any atom is 0.252 e. The van der Waals surface area contributed by atoms with E-state index in [0.29, 0.717) is 11.6 Å². The number of benzene rings is 1. The molecule has 3 aromatic rings. The standard InChI is InChI=1S/C19H20N4O/c1-11-5-4-6-12(2)17(11)16-9-14(19(24)21-13-7-8-13)15-10-20-23(3)18(15)22-16/h4-6,9-10,13H,7-8H2,1-3H3,(H,21,24). The van der Waals surface area contributed by atoms with Crippen LogP contribution < -0.4 is 5.32 Å². The Bertz CT molecular complexity index is 933. The van der Waals surface area contributed by atoms with E-state index in [-0.39, 0.29) is 5.91 Å². The number of amides is 1. The van der Waals surface area contributed by atoms with Crippen LogP contribution >= 0.6 is 0 Å². The molecule has 4 rings (SSSR count). The number of nitrogens with one attached hydrogen (secondary N) is 1. The van der Waals surface area contributed by atoms with E-state index in [1.807, 2.05) is 19.2 Å². The summed E-state index contributed by atoms with van der Waals surface area (Å²) in [6.45, 7) is 4.14. The largest absolute Gasteiger partial charge is 0.349 e. The number of hydrogen-bond acceptors (Lipinski definition) is 3. The van der Waals surface area contributed by atoms with Gasteiger partial charge in [0.1, 0.15) is 0 Å². The van der Waals surface area contributed by atoms with Crippen molar-refractivity contribution in [3.63, 3.8) is 0 Å². The van der Waals surface area contributed by atoms with Crippen molar-refractivity contribution in [2.75, 3.05) is 0 Å². The van der Waals surface area contributed by atoms with Gasteiger partial charge in [-0.05, 0) is 43.9 Å². The van der Waals surface area contributed by atoms with Crippen LogP contribution in [0.4, 0.5) is 0 Å². The van der Waals surface area contributed by atoms with Crippen LogP contribution in [0.1, 0.15) is 34.3 Å². The molecule has 0 saturated heterocycles. The van der Waals surface area contributed by atoms with Gasteiger partial charge in [0, 0.05) is 18.7 Å². The van der Waals surface area contributed by atoms with E-state index in [9.17, 15) is 4.79 Å². The molecule has 122 valence electrons. The minimum absolute atomic E-state index is 0.0367. The van der Waals surface area contributed by atoms with E-state index in [1.165, 1.54) is 0 Å². The summed E-state index contributed by atoms with van der Waals surface area (Å²) in [6.07, 6.45) is 3.85. The Balaban J connectivity index is 1.93. The molecule has 1 saturated carbocycles. The number of nitrogens with zero attached hydrogens (tertiary/aromatic N) is 3. The lowest BCUT2D eigenvalue weighted by molar-refractivity contribution is 0.0952. The molecule has 0 aliphatic heterocycles. The minimum Gasteiger partial charge on any atom is -0.349 e. The fraction of sp³-hybridized carbons (Fsp3) is 0.316. The summed E-state index contributed by atoms with van der Waals surface area (Å²) in [5.41, 5.74) is 5.59. The number of hydrogen-bond donors (Lipinski definition) is 1. The van der Waals surface area contributed by atoms with Crippen LogP contribution in [-0.2, 0) is 7.05 Å². The number of rotatable bonds is 3. The molecule has 1 amide bonds. The number of carbonyl (C=O) groups excluding carboxylic acids is 1. The van der Waals surface area contributed by atoms with Crippen LogP contribution in [0.15, 0.2) is 30.5 Å². The highest BCUT2D eigenvalue weighted by molar-refractivity contribution is 6.06. The van der Waals surface area contributed by atoms with Crippen LogP contribution in [0, 0.1) is 13.8 Å². The lowest BCUT2D eigenvalue weighted by atomic mass is 9.98. The molecule has 0 atom stereocenters. The summed E-state index contributed by atoms with van der Waals surface area (Å²) in [5, 5.41) is 8.16. The van der Waals surface area contributed by atoms with Crippen molar-refractivity contribution >= 4 is 16.9 Å². The summed E-state index contributed by atoms with van der Waals surface area (Å²) in [6, 6.07) is 8.40. The molecule has 0 spiro atoms. The lowest BCUT2D eigenvalue weighted by Crippen LogP contribution is -2.25. The fourth-order valence-electron chi connectivity index (χ4n) is 3.14. The first-order valence-electron chi connectivity index (χ1n) is 8.25. The van der Waals surface area contributed by atoms with Crippen molar-refractivity contribution in [3.05, 3.63) is 47.2 Å². The molecule has 0 radical (unpaired) electrons. The Morgan fingerprint density at radius 1 is 1.25 bits per heavy atom. The molecule has 1 aromatic carbocycles. The maximum absolute atomic E-state index is 12.7. The number of fused-ring (bicyclic) bond motifs is 1. The Morgan fingerprint density at radius 2 is 1.96 bits per heavy atom. The van der Waals surface area contributed by atoms with E-state index < -0.39 is 0 Å². The molecule has 1 aliphatic rings. The predicted molar refractivity (Wildman–Crippen MR) is 93.9 cm³/mol. The molecule has 1 aliphatic carbocycles. The lowest BCUT2D eigenvalue weighted by Gasteiger charge is -2.12. The normalized spacial score (nSPS) is 14.1. The molecule has 0 bridgehead atoms. The van der Waals surface area contributed by atoms with Crippen molar-refractivity contribution in [2.24, 2.45) is 7.05 Å². The molecule has 5 nitrogen and oxygen atoms in total. The topological polar surface area (TPSA) is 59.8 Å². The van der Waals surface area contributed by atoms with Crippen LogP contribution in [0.2, 0.25) is 0 Å². The summed E-state index contributed by atoms with van der Waals surface area (Å²) < 4.78 is 1.72. The summed E-state index contributed by atoms with van der Waals surface area (Å²) in [4.78, 5) is 17.5. The third-order valence-corrected chi connectivity index (χ3v) is 4.60. The number of aryl methyl sites for hydroxylation is 3. The quantitative estimate of drug-likeness (QED) is 0.806. The molecule has 2 aromatic heterocycles. The van der Waals surface area contributed by atoms with Gasteiger partial charge in [0.2, 0.25) is 0 Å². The first-order chi connectivity index (χ1) is 11.5. The van der Waals surface area contributed by atoms with Crippen LogP contribution in [-0.4, -0.2) is 26.7 Å². The van der Waals surface area contributed by atoms with Gasteiger partial charge in [-0.2, -0.15) is 5.10 Å². The average molecular weight is 320 g/mol. The Hall–Kier alpha value is -2.69. The van der Waals surface area contributed by atoms with E-state index in [4.69, 9.17) is 4.98 Å². The molecule has 5 heteroatoms. The van der Waals surface area contributed by atoms with Gasteiger partial charge in [-0.25, -0.2) is 4.98 Å². The van der Waals surface area contributed by atoms with Gasteiger partial charge >= 0.3 is 0 Å². The highest BCUT2D eigenvalue weighted by Crippen LogP contribution is 2.30. The molecule has 0 unspecified atom stereocenters. The summed E-state index contributed by atoms with van der Waals surface area (Å²) in [5.74, 6) is -0.0367. The average Bonchev–Trinajstić information content (AvgIpc) is 3.28. The first kappa shape index (κ1) is 14.9. The SMILES string of the molecule is Cc1cccc(C)c1-c1cc(C(=O)NC2CC2)c2cnn(C)c2n1. The van der Waals surface area contributed by atoms with Crippen molar-refractivity contribution in [1.29, 1.82) is 0 Å². The number of carbonyl (C=O) groups is 1. The summed E-state index contributed by atoms with van der Waals surface area (Å²) >= 11 is 0. The molecule has 2 heterocycles. The fourth-order valence-corrected chi connectivity index (χ4v) is 3.14. The van der Waals surface area contributed by atoms with Gasteiger partial charge in [-0.1, -0.05) is 18.2 Å². The zero-order valence-electron chi connectivity index (χ0n) is 14.1. The minimum atomic E-state index is -0.0367. The first-order valence-corrected chi connectivity index (χ1v) is 8.25. The Kier molecular flexibility index (Phi) is 3.37. The maximum atomic E-state index is 12.7. The van der Waals surface area contributed by atoms with E-state index in [1.54, 1.807) is 10.9 Å². The Labute approximate surface area is 140 Å². The highest BCUT2D eigenvalue weighted by atomic mass is 16.1. The Morgan fingerprint density at radius 3 is 2.62 bits per heavy atom. The van der Waals surface area contributed by atoms with Crippen molar-refractivity contribution in [1.82, 2.24) is 20.1 Å². The van der Waals surface area contributed by atoms with E-state index in [2.05, 4.69) is 36.4 Å². The van der Waals surface area contributed by atoms with Crippen LogP contribution in [0.5, 0.6) is 0 Å². The zero-order valence-corrected chi connectivity index (χ0v) is 14.1. The van der Waals surface area contributed by atoms with Crippen LogP contribution in [0.3, 0.4) is 0 Å². The molecular weight excluding hydrogens is 300 g/mol. The van der Waals surface area contributed by atoms with E-state index >= 15 is 0 Å². The van der Waals surface area contributed by atoms with Crippen molar-refractivity contribution < 1.29 is 4.79 Å². The molecule has 24 heavy (non-hydrogen) atoms. The molecule has 1 fully saturated rings. The predicted octanol–water partition coefficient (Wildman–Crippen LogP) is 3.14. The van der Waals surface area contributed by atoms with Gasteiger partial charge in [-0.15, -0.1) is 0 Å². The second kappa shape index (κ2) is 5.44. The van der Waals surface area contributed by atoms with Gasteiger partial charge in [-0.3, -0.25) is 9.48 Å². The third kappa shape index (κ3) is 2.46. The van der Waals surface area contributed by atoms with Crippen molar-refractivity contribution in [2.45, 2.75) is 32.7 Å². The monoisotopic (exact) mass is 320 g/mol. The number of pyridine rings is 1. The third-order valence-electron chi connectivity index (χ3n) is 4.60. The van der Waals surface area contributed by atoms with Gasteiger partial charge in [0.25, 0.3) is 5.91 Å². The second-order valence-corrected chi connectivity index (χ2v) is 6.58. The number of aromatic nitrogens is 3. The highest BCUT2D eigenvalue weighted by Gasteiger charge is 2.26. The zero-order chi connectivity index (χ0) is 16.8. The van der Waals surface area contributed by atoms with Crippen LogP contribution in [0.25, 0.3) is 22.3 Å². The summed E-state index contributed by atoms with van der Waals surface area (Å²) in [7, 11) is 1.85. The second-order valence-electron chi connectivity index (χ2n) is 6.58. The molecular formula is C19H20N4O. The van der Waals surface area contributed by atoms with Crippen molar-refractivity contribution in [3.8, 4) is 11.3 Å². The smallest absolute Gasteiger partial charge is 0.252 e. The van der Waals surface area contributed by atoms with Gasteiger partial charge < -0.3 is 5.32 Å². The van der Waals surface area contributed by atoms with Gasteiger partial charge in [0.05, 0.1) is 22.8 Å². The van der Waals surface area contributed by atoms with Gasteiger partial charge in [0.15, 0.2) is 5.65 Å².